The normalized spacial score (nSPS) is 14.9. The summed E-state index contributed by atoms with van der Waals surface area (Å²) in [6, 6.07) is 0. The van der Waals surface area contributed by atoms with Gasteiger partial charge in [0.15, 0.2) is 0 Å². The van der Waals surface area contributed by atoms with Crippen LogP contribution in [0.4, 0.5) is 0 Å². The maximum Gasteiger partial charge on any atom is 2.00 e. The number of aromatic nitrogens is 1. The Morgan fingerprint density at radius 3 is 1.50 bits per heavy atom. The maximum absolute atomic E-state index is 4.31. The first-order valence-electron chi connectivity index (χ1n) is 6.95. The van der Waals surface area contributed by atoms with Crippen molar-refractivity contribution in [1.29, 1.82) is 0 Å². The van der Waals surface area contributed by atoms with Crippen LogP contribution in [-0.2, 0) is 26.2 Å². The van der Waals surface area contributed by atoms with E-state index in [4.69, 9.17) is 0 Å². The Balaban J connectivity index is -0.000000290. The van der Waals surface area contributed by atoms with Crippen LogP contribution in [0.15, 0.2) is 16.7 Å². The van der Waals surface area contributed by atoms with Crippen molar-refractivity contribution in [3.8, 4) is 0 Å². The van der Waals surface area contributed by atoms with Crippen LogP contribution >= 0.6 is 24.8 Å². The van der Waals surface area contributed by atoms with Crippen molar-refractivity contribution in [2.45, 2.75) is 62.3 Å². The second kappa shape index (κ2) is 10.2. The van der Waals surface area contributed by atoms with Gasteiger partial charge in [0, 0.05) is 0 Å². The van der Waals surface area contributed by atoms with Crippen LogP contribution in [0.2, 0.25) is 0 Å². The average Bonchev–Trinajstić information content (AvgIpc) is 2.63. The molecule has 1 aromatic rings. The van der Waals surface area contributed by atoms with Gasteiger partial charge in [0.2, 0.25) is 0 Å². The van der Waals surface area contributed by atoms with Crippen LogP contribution < -0.4 is 0 Å². The molecule has 0 aromatic carbocycles. The van der Waals surface area contributed by atoms with Gasteiger partial charge < -0.3 is 4.98 Å². The van der Waals surface area contributed by atoms with E-state index < -0.39 is 0 Å². The van der Waals surface area contributed by atoms with Crippen molar-refractivity contribution in [3.05, 3.63) is 45.3 Å². The molecule has 0 saturated heterocycles. The summed E-state index contributed by atoms with van der Waals surface area (Å²) in [5, 5.41) is 0. The average molecular weight is 422 g/mol. The van der Waals surface area contributed by atoms with Gasteiger partial charge in [0.1, 0.15) is 0 Å². The van der Waals surface area contributed by atoms with E-state index in [1.807, 2.05) is 0 Å². The number of allylic oxidation sites excluding steroid dienone is 4. The summed E-state index contributed by atoms with van der Waals surface area (Å²) in [5.74, 6) is 0. The molecular formula is C18H29Cl2NZr. The number of hydrogen-bond acceptors (Lipinski definition) is 1. The number of nitrogens with zero attached hydrogens (tertiary/aromatic N) is 1. The predicted octanol–water partition coefficient (Wildman–Crippen LogP) is 5.99. The van der Waals surface area contributed by atoms with E-state index in [1.54, 1.807) is 0 Å². The first-order chi connectivity index (χ1) is 8.58. The molecule has 1 heterocycles. The second-order valence-electron chi connectivity index (χ2n) is 6.16. The molecule has 1 aromatic heterocycles. The molecule has 0 amide bonds. The molecule has 2 rings (SSSR count). The molecule has 0 fully saturated rings. The van der Waals surface area contributed by atoms with Gasteiger partial charge in [0.05, 0.1) is 0 Å². The predicted molar refractivity (Wildman–Crippen MR) is 97.9 cm³/mol. The first kappa shape index (κ1) is 27.1. The zero-order chi connectivity index (χ0) is 15.0. The molecule has 124 valence electrons. The fraction of sp³-hybridized carbons (Fsp3) is 0.556. The molecule has 4 heteroatoms. The molecule has 22 heavy (non-hydrogen) atoms. The molecule has 1 aliphatic rings. The number of halogens is 2. The molecule has 0 saturated carbocycles. The van der Waals surface area contributed by atoms with Crippen molar-refractivity contribution in [2.75, 3.05) is 0 Å². The summed E-state index contributed by atoms with van der Waals surface area (Å²) < 4.78 is 0. The molecule has 0 radical (unpaired) electrons. The molecule has 1 nitrogen and oxygen atoms in total. The van der Waals surface area contributed by atoms with E-state index in [0.29, 0.717) is 0 Å². The standard InChI is InChI=1S/C10H15.C8H12N.2ClH.Zr/c1-7-6-10(4,5)9(3)8(7)2;1-5-6(2)8(4)9-7(5)3;;;/h1-5H3;1-4H3;2*1H;/q2*-1;;;+2. The largest absolute Gasteiger partial charge is 2.00 e. The van der Waals surface area contributed by atoms with Crippen LogP contribution in [0.5, 0.6) is 0 Å². The smallest absolute Gasteiger partial charge is 0.396 e. The van der Waals surface area contributed by atoms with Crippen LogP contribution in [0.25, 0.3) is 0 Å². The Morgan fingerprint density at radius 1 is 0.955 bits per heavy atom. The first-order valence-corrected chi connectivity index (χ1v) is 6.95. The molecule has 0 aliphatic heterocycles. The minimum absolute atomic E-state index is 0. The van der Waals surface area contributed by atoms with Gasteiger partial charge in [-0.2, -0.15) is 16.7 Å². The van der Waals surface area contributed by atoms with Crippen molar-refractivity contribution in [3.63, 3.8) is 0 Å². The number of hydrogen-bond donors (Lipinski definition) is 0. The summed E-state index contributed by atoms with van der Waals surface area (Å²) in [6.45, 7) is 19.3. The van der Waals surface area contributed by atoms with E-state index in [1.165, 1.54) is 39.2 Å². The zero-order valence-electron chi connectivity index (χ0n) is 15.3. The van der Waals surface area contributed by atoms with E-state index >= 15 is 0 Å². The minimum Gasteiger partial charge on any atom is -0.396 e. The molecule has 0 spiro atoms. The Bertz CT molecular complexity index is 529. The third-order valence-electron chi connectivity index (χ3n) is 4.55. The molecule has 1 aliphatic carbocycles. The monoisotopic (exact) mass is 419 g/mol. The summed E-state index contributed by atoms with van der Waals surface area (Å²) in [6.07, 6.45) is 3.44. The molecule has 0 bridgehead atoms. The number of rotatable bonds is 0. The van der Waals surface area contributed by atoms with Crippen molar-refractivity contribution < 1.29 is 26.2 Å². The van der Waals surface area contributed by atoms with Gasteiger partial charge in [0.25, 0.3) is 0 Å². The maximum atomic E-state index is 4.31. The molecular weight excluding hydrogens is 392 g/mol. The summed E-state index contributed by atoms with van der Waals surface area (Å²) >= 11 is 0. The zero-order valence-corrected chi connectivity index (χ0v) is 19.4. The van der Waals surface area contributed by atoms with Gasteiger partial charge in [-0.3, -0.25) is 6.08 Å². The third kappa shape index (κ3) is 6.02. The number of aryl methyl sites for hydroxylation is 2. The topological polar surface area (TPSA) is 12.9 Å². The van der Waals surface area contributed by atoms with Gasteiger partial charge >= 0.3 is 26.2 Å². The Kier molecular flexibility index (Phi) is 12.5. The summed E-state index contributed by atoms with van der Waals surface area (Å²) in [7, 11) is 0. The fourth-order valence-corrected chi connectivity index (χ4v) is 2.37. The van der Waals surface area contributed by atoms with E-state index in [2.05, 4.69) is 73.4 Å². The van der Waals surface area contributed by atoms with Crippen LogP contribution in [0.3, 0.4) is 0 Å². The van der Waals surface area contributed by atoms with Crippen LogP contribution in [0, 0.1) is 39.2 Å². The summed E-state index contributed by atoms with van der Waals surface area (Å²) in [5.41, 5.74) is 9.42. The van der Waals surface area contributed by atoms with Crippen LogP contribution in [-0.4, -0.2) is 4.98 Å². The Hall–Kier alpha value is 0.223. The van der Waals surface area contributed by atoms with E-state index in [-0.39, 0.29) is 56.4 Å². The van der Waals surface area contributed by atoms with E-state index in [0.717, 1.165) is 0 Å². The molecule has 0 N–H and O–H groups in total. The van der Waals surface area contributed by atoms with Crippen molar-refractivity contribution >= 4 is 24.8 Å². The quantitative estimate of drug-likeness (QED) is 0.469. The second-order valence-corrected chi connectivity index (χ2v) is 6.16. The fourth-order valence-electron chi connectivity index (χ4n) is 2.37. The van der Waals surface area contributed by atoms with Crippen molar-refractivity contribution in [1.82, 2.24) is 4.98 Å². The molecule has 0 atom stereocenters. The van der Waals surface area contributed by atoms with Gasteiger partial charge in [-0.15, -0.1) is 43.0 Å². The minimum atomic E-state index is 0. The summed E-state index contributed by atoms with van der Waals surface area (Å²) in [4.78, 5) is 4.31. The van der Waals surface area contributed by atoms with Crippen LogP contribution in [0.1, 0.15) is 57.1 Å². The van der Waals surface area contributed by atoms with Gasteiger partial charge in [-0.1, -0.05) is 66.5 Å². The van der Waals surface area contributed by atoms with Gasteiger partial charge in [-0.05, 0) is 0 Å². The van der Waals surface area contributed by atoms with Crippen molar-refractivity contribution in [2.24, 2.45) is 5.41 Å². The Morgan fingerprint density at radius 2 is 1.41 bits per heavy atom. The Labute approximate surface area is 168 Å². The molecule has 0 unspecified atom stereocenters. The third-order valence-corrected chi connectivity index (χ3v) is 4.55. The SMILES string of the molecule is CC1=[C-]C(C)(C)C(C)=C1C.Cc1n[c-](C)c(C)c1C.Cl.Cl.[Zr+2]. The van der Waals surface area contributed by atoms with E-state index in [9.17, 15) is 0 Å². The van der Waals surface area contributed by atoms with Gasteiger partial charge in [-0.25, -0.2) is 5.57 Å².